The summed E-state index contributed by atoms with van der Waals surface area (Å²) >= 11 is 0. The van der Waals surface area contributed by atoms with E-state index in [-0.39, 0.29) is 25.1 Å². The van der Waals surface area contributed by atoms with Crippen molar-refractivity contribution in [3.63, 3.8) is 0 Å². The number of nitrogens with one attached hydrogen (secondary N) is 1. The van der Waals surface area contributed by atoms with Crippen LogP contribution in [0.1, 0.15) is 66.2 Å². The van der Waals surface area contributed by atoms with Gasteiger partial charge >= 0.3 is 7.12 Å². The number of hydrogen-bond acceptors (Lipinski definition) is 6. The molecule has 2 bridgehead atoms. The highest BCUT2D eigenvalue weighted by atomic mass is 32.2. The summed E-state index contributed by atoms with van der Waals surface area (Å²) in [6, 6.07) is -0.201. The number of hydrogen-bond donors (Lipinski definition) is 3. The first-order valence-corrected chi connectivity index (χ1v) is 13.9. The highest BCUT2D eigenvalue weighted by Crippen LogP contribution is 2.59. The van der Waals surface area contributed by atoms with Gasteiger partial charge in [0.2, 0.25) is 0 Å². The van der Waals surface area contributed by atoms with Gasteiger partial charge in [0.1, 0.15) is 0 Å². The van der Waals surface area contributed by atoms with Crippen molar-refractivity contribution in [1.82, 2.24) is 9.03 Å². The van der Waals surface area contributed by atoms with Crippen molar-refractivity contribution in [2.24, 2.45) is 34.6 Å². The zero-order chi connectivity index (χ0) is 23.3. The maximum absolute atomic E-state index is 12.7. The van der Waals surface area contributed by atoms with E-state index in [1.165, 1.54) is 10.7 Å². The molecule has 0 aromatic rings. The fourth-order valence-electron chi connectivity index (χ4n) is 6.14. The van der Waals surface area contributed by atoms with Gasteiger partial charge in [-0.3, -0.25) is 0 Å². The molecule has 0 aromatic heterocycles. The number of nitrogens with two attached hydrogens (primary N) is 2. The van der Waals surface area contributed by atoms with E-state index in [9.17, 15) is 8.42 Å². The standard InChI is InChI=1S/C22H43BN4O4S/c1-5-30-23(31-18-10-16-9-17(11-18)21(16,2)3)8-6-7-15-13-27(14-22(15,4)25)32(28,29)26-20-12-19(20)24/h15-20,26H,5-14,24-25H2,1-4H3/t15-,16-,17+,18?,19+,20+,22-/m0/s1. The molecule has 184 valence electrons. The highest BCUT2D eigenvalue weighted by molar-refractivity contribution is 7.87. The Bertz CT molecular complexity index is 766. The maximum Gasteiger partial charge on any atom is 0.457 e. The van der Waals surface area contributed by atoms with Crippen LogP contribution in [0, 0.1) is 23.2 Å². The number of fused-ring (bicyclic) bond motifs is 2. The zero-order valence-corrected chi connectivity index (χ0v) is 21.1. The summed E-state index contributed by atoms with van der Waals surface area (Å²) in [7, 11) is -3.73. The minimum Gasteiger partial charge on any atom is -0.411 e. The van der Waals surface area contributed by atoms with E-state index in [1.807, 2.05) is 13.8 Å². The molecule has 1 unspecified atom stereocenters. The number of nitrogens with zero attached hydrogens (tertiary/aromatic N) is 1. The third-order valence-corrected chi connectivity index (χ3v) is 10.4. The van der Waals surface area contributed by atoms with Gasteiger partial charge in [0, 0.05) is 43.4 Å². The molecule has 4 aliphatic carbocycles. The fraction of sp³-hybridized carbons (Fsp3) is 1.00. The summed E-state index contributed by atoms with van der Waals surface area (Å²) in [5.41, 5.74) is 12.2. The first kappa shape index (κ1) is 24.9. The molecule has 1 heterocycles. The first-order chi connectivity index (χ1) is 14.9. The number of rotatable bonds is 11. The molecule has 7 atom stereocenters. The van der Waals surface area contributed by atoms with Crippen LogP contribution in [-0.2, 0) is 19.5 Å². The van der Waals surface area contributed by atoms with E-state index >= 15 is 0 Å². The predicted molar refractivity (Wildman–Crippen MR) is 127 cm³/mol. The van der Waals surface area contributed by atoms with Crippen LogP contribution in [0.2, 0.25) is 6.32 Å². The molecule has 5 aliphatic rings. The van der Waals surface area contributed by atoms with Crippen molar-refractivity contribution in [3.05, 3.63) is 0 Å². The largest absolute Gasteiger partial charge is 0.457 e. The Morgan fingerprint density at radius 1 is 1.16 bits per heavy atom. The van der Waals surface area contributed by atoms with Gasteiger partial charge in [-0.1, -0.05) is 20.3 Å². The average Bonchev–Trinajstić information content (AvgIpc) is 3.29. The van der Waals surface area contributed by atoms with Crippen LogP contribution in [0.15, 0.2) is 0 Å². The van der Waals surface area contributed by atoms with Gasteiger partial charge < -0.3 is 20.8 Å². The van der Waals surface area contributed by atoms with Crippen molar-refractivity contribution in [2.75, 3.05) is 19.7 Å². The summed E-state index contributed by atoms with van der Waals surface area (Å²) < 4.78 is 41.9. The van der Waals surface area contributed by atoms with Crippen LogP contribution < -0.4 is 16.2 Å². The summed E-state index contributed by atoms with van der Waals surface area (Å²) in [5.74, 6) is 1.66. The first-order valence-electron chi connectivity index (χ1n) is 12.5. The summed E-state index contributed by atoms with van der Waals surface area (Å²) in [6.45, 7) is 10.2. The molecule has 0 spiro atoms. The second kappa shape index (κ2) is 9.09. The quantitative estimate of drug-likeness (QED) is 0.396. The second-order valence-corrected chi connectivity index (χ2v) is 13.3. The Hall–Kier alpha value is -0.225. The topological polar surface area (TPSA) is 120 Å². The Morgan fingerprint density at radius 3 is 2.38 bits per heavy atom. The molecule has 0 amide bonds. The van der Waals surface area contributed by atoms with Gasteiger partial charge in [0.25, 0.3) is 10.2 Å². The molecule has 4 saturated carbocycles. The van der Waals surface area contributed by atoms with Gasteiger partial charge in [-0.05, 0) is 75.4 Å². The smallest absolute Gasteiger partial charge is 0.411 e. The molecule has 10 heteroatoms. The van der Waals surface area contributed by atoms with Crippen LogP contribution in [0.5, 0.6) is 0 Å². The fourth-order valence-corrected chi connectivity index (χ4v) is 7.76. The predicted octanol–water partition coefficient (Wildman–Crippen LogP) is 1.72. The summed E-state index contributed by atoms with van der Waals surface area (Å²) in [6.07, 6.45) is 7.22. The van der Waals surface area contributed by atoms with E-state index in [4.69, 9.17) is 20.8 Å². The Kier molecular flexibility index (Phi) is 7.07. The van der Waals surface area contributed by atoms with Crippen LogP contribution >= 0.6 is 0 Å². The third-order valence-electron chi connectivity index (χ3n) is 8.81. The minimum absolute atomic E-state index is 0.0657. The van der Waals surface area contributed by atoms with E-state index in [2.05, 4.69) is 18.6 Å². The lowest BCUT2D eigenvalue weighted by Crippen LogP contribution is -2.53. The summed E-state index contributed by atoms with van der Waals surface area (Å²) in [5, 5.41) is 0. The van der Waals surface area contributed by atoms with Gasteiger partial charge in [-0.25, -0.2) is 0 Å². The van der Waals surface area contributed by atoms with E-state index in [0.717, 1.165) is 43.8 Å². The van der Waals surface area contributed by atoms with Crippen LogP contribution in [-0.4, -0.2) is 63.3 Å². The van der Waals surface area contributed by atoms with Gasteiger partial charge in [-0.15, -0.1) is 0 Å². The van der Waals surface area contributed by atoms with E-state index in [0.29, 0.717) is 37.6 Å². The van der Waals surface area contributed by atoms with Crippen LogP contribution in [0.3, 0.4) is 0 Å². The second-order valence-electron chi connectivity index (χ2n) is 11.6. The van der Waals surface area contributed by atoms with Crippen LogP contribution in [0.25, 0.3) is 0 Å². The lowest BCUT2D eigenvalue weighted by Gasteiger charge is -2.59. The molecule has 32 heavy (non-hydrogen) atoms. The Balaban J connectivity index is 1.24. The van der Waals surface area contributed by atoms with Crippen molar-refractivity contribution in [3.8, 4) is 0 Å². The average molecular weight is 470 g/mol. The Morgan fingerprint density at radius 2 is 1.81 bits per heavy atom. The molecule has 8 nitrogen and oxygen atoms in total. The maximum atomic E-state index is 12.7. The van der Waals surface area contributed by atoms with E-state index < -0.39 is 15.7 Å². The monoisotopic (exact) mass is 470 g/mol. The normalized spacial score (nSPS) is 40.8. The zero-order valence-electron chi connectivity index (χ0n) is 20.3. The molecule has 1 saturated heterocycles. The SMILES string of the molecule is CCOB(CCC[C@H]1CN(S(=O)(=O)N[C@@H]2C[C@H]2N)C[C@]1(C)N)OC1C[C@@H]2C[C@H](C1)C2(C)C. The van der Waals surface area contributed by atoms with Crippen molar-refractivity contribution >= 4 is 17.3 Å². The van der Waals surface area contributed by atoms with Gasteiger partial charge in [0.15, 0.2) is 0 Å². The van der Waals surface area contributed by atoms with Crippen LogP contribution in [0.4, 0.5) is 0 Å². The van der Waals surface area contributed by atoms with Crippen molar-refractivity contribution < 1.29 is 17.7 Å². The van der Waals surface area contributed by atoms with Crippen molar-refractivity contribution in [1.29, 1.82) is 0 Å². The molecular weight excluding hydrogens is 427 g/mol. The molecule has 5 fully saturated rings. The minimum atomic E-state index is -3.54. The highest BCUT2D eigenvalue weighted by Gasteiger charge is 2.53. The lowest BCUT2D eigenvalue weighted by atomic mass is 9.48. The summed E-state index contributed by atoms with van der Waals surface area (Å²) in [4.78, 5) is 0. The molecule has 5 rings (SSSR count). The molecule has 0 aromatic carbocycles. The Labute approximate surface area is 194 Å². The lowest BCUT2D eigenvalue weighted by molar-refractivity contribution is -0.113. The van der Waals surface area contributed by atoms with Gasteiger partial charge in [-0.2, -0.15) is 17.4 Å². The van der Waals surface area contributed by atoms with E-state index in [1.54, 1.807) is 0 Å². The third kappa shape index (κ3) is 5.21. The molecular formula is C22H43BN4O4S. The van der Waals surface area contributed by atoms with Gasteiger partial charge in [0.05, 0.1) is 0 Å². The molecule has 5 N–H and O–H groups in total. The van der Waals surface area contributed by atoms with Crippen molar-refractivity contribution in [2.45, 2.75) is 96.3 Å². The molecule has 1 aliphatic heterocycles. The molecule has 0 radical (unpaired) electrons.